The van der Waals surface area contributed by atoms with Crippen LogP contribution < -0.4 is 10.2 Å². The molecule has 5 nitrogen and oxygen atoms in total. The van der Waals surface area contributed by atoms with Gasteiger partial charge in [0.1, 0.15) is 0 Å². The standard InChI is InChI=1S/C23H17F3N2O3/c24-23(25,26)15-9-7-12(8-10-15)20(29)27-16-3-1-2-4-17(16)28-21(30)18-13-5-6-14(11-13)19(18)22(28)31/h1-10,13-14,18-19H,11H2,(H,27,29)/t13-,14+,18+,19-. The van der Waals surface area contributed by atoms with Gasteiger partial charge in [-0.1, -0.05) is 24.3 Å². The minimum Gasteiger partial charge on any atom is -0.320 e. The van der Waals surface area contributed by atoms with E-state index in [1.807, 2.05) is 12.2 Å². The molecule has 5 rings (SSSR count). The van der Waals surface area contributed by atoms with Gasteiger partial charge >= 0.3 is 6.18 Å². The molecule has 2 aromatic rings. The van der Waals surface area contributed by atoms with Gasteiger partial charge in [-0.25, -0.2) is 4.90 Å². The summed E-state index contributed by atoms with van der Waals surface area (Å²) in [5.74, 6) is -1.81. The van der Waals surface area contributed by atoms with E-state index in [2.05, 4.69) is 5.32 Å². The van der Waals surface area contributed by atoms with Crippen LogP contribution in [0.2, 0.25) is 0 Å². The van der Waals surface area contributed by atoms with Gasteiger partial charge in [-0.15, -0.1) is 0 Å². The monoisotopic (exact) mass is 426 g/mol. The molecule has 1 aliphatic heterocycles. The molecule has 2 aliphatic carbocycles. The van der Waals surface area contributed by atoms with Crippen LogP contribution in [-0.4, -0.2) is 17.7 Å². The molecule has 3 amide bonds. The summed E-state index contributed by atoms with van der Waals surface area (Å²) in [6.45, 7) is 0. The van der Waals surface area contributed by atoms with Crippen molar-refractivity contribution in [1.82, 2.24) is 0 Å². The number of imide groups is 1. The third-order valence-corrected chi connectivity index (χ3v) is 6.34. The van der Waals surface area contributed by atoms with Gasteiger partial charge in [-0.3, -0.25) is 14.4 Å². The molecule has 2 fully saturated rings. The van der Waals surface area contributed by atoms with E-state index in [4.69, 9.17) is 0 Å². The highest BCUT2D eigenvalue weighted by molar-refractivity contribution is 6.24. The van der Waals surface area contributed by atoms with Crippen LogP contribution in [-0.2, 0) is 15.8 Å². The number of fused-ring (bicyclic) bond motifs is 5. The van der Waals surface area contributed by atoms with Crippen LogP contribution >= 0.6 is 0 Å². The first kappa shape index (κ1) is 19.5. The first-order valence-corrected chi connectivity index (χ1v) is 9.89. The number of carbonyl (C=O) groups is 3. The van der Waals surface area contributed by atoms with Gasteiger partial charge in [0.05, 0.1) is 28.8 Å². The molecule has 8 heteroatoms. The van der Waals surface area contributed by atoms with Crippen molar-refractivity contribution in [1.29, 1.82) is 0 Å². The van der Waals surface area contributed by atoms with Crippen LogP contribution in [0.5, 0.6) is 0 Å². The van der Waals surface area contributed by atoms with Gasteiger partial charge in [0.25, 0.3) is 5.91 Å². The number of allylic oxidation sites excluding steroid dienone is 2. The quantitative estimate of drug-likeness (QED) is 0.589. The van der Waals surface area contributed by atoms with E-state index in [1.54, 1.807) is 24.3 Å². The van der Waals surface area contributed by atoms with E-state index < -0.39 is 17.6 Å². The number of anilines is 2. The highest BCUT2D eigenvalue weighted by Crippen LogP contribution is 2.53. The van der Waals surface area contributed by atoms with Crippen molar-refractivity contribution in [2.24, 2.45) is 23.7 Å². The average Bonchev–Trinajstić information content (AvgIpc) is 3.42. The van der Waals surface area contributed by atoms with Crippen LogP contribution in [0.25, 0.3) is 0 Å². The smallest absolute Gasteiger partial charge is 0.320 e. The van der Waals surface area contributed by atoms with Crippen molar-refractivity contribution >= 4 is 29.1 Å². The van der Waals surface area contributed by atoms with Crippen molar-refractivity contribution in [3.63, 3.8) is 0 Å². The zero-order chi connectivity index (χ0) is 21.9. The molecule has 2 aromatic carbocycles. The Kier molecular flexibility index (Phi) is 4.28. The maximum absolute atomic E-state index is 13.1. The Hall–Kier alpha value is -3.42. The van der Waals surface area contributed by atoms with Gasteiger partial charge in [0.2, 0.25) is 11.8 Å². The molecule has 3 aliphatic rings. The molecule has 0 spiro atoms. The molecule has 4 atom stereocenters. The number of carbonyl (C=O) groups excluding carboxylic acids is 3. The summed E-state index contributed by atoms with van der Waals surface area (Å²) in [6, 6.07) is 10.3. The van der Waals surface area contributed by atoms with Crippen molar-refractivity contribution in [2.45, 2.75) is 12.6 Å². The third-order valence-electron chi connectivity index (χ3n) is 6.34. The molecule has 0 aromatic heterocycles. The first-order valence-electron chi connectivity index (χ1n) is 9.89. The summed E-state index contributed by atoms with van der Waals surface area (Å²) in [7, 11) is 0. The van der Waals surface area contributed by atoms with Gasteiger partial charge in [0.15, 0.2) is 0 Å². The van der Waals surface area contributed by atoms with Gasteiger partial charge in [-0.2, -0.15) is 13.2 Å². The fraction of sp³-hybridized carbons (Fsp3) is 0.261. The maximum atomic E-state index is 13.1. The van der Waals surface area contributed by atoms with Crippen molar-refractivity contribution in [3.8, 4) is 0 Å². The van der Waals surface area contributed by atoms with Crippen molar-refractivity contribution in [3.05, 3.63) is 71.8 Å². The van der Waals surface area contributed by atoms with Crippen LogP contribution in [0.1, 0.15) is 22.3 Å². The Morgan fingerprint density at radius 3 is 2.06 bits per heavy atom. The number of amides is 3. The van der Waals surface area contributed by atoms with E-state index in [0.717, 1.165) is 35.6 Å². The zero-order valence-corrected chi connectivity index (χ0v) is 16.1. The third kappa shape index (κ3) is 3.05. The van der Waals surface area contributed by atoms with E-state index in [1.165, 1.54) is 0 Å². The van der Waals surface area contributed by atoms with E-state index >= 15 is 0 Å². The lowest BCUT2D eigenvalue weighted by Gasteiger charge is -2.21. The topological polar surface area (TPSA) is 66.5 Å². The van der Waals surface area contributed by atoms with E-state index in [-0.39, 0.29) is 52.4 Å². The summed E-state index contributed by atoms with van der Waals surface area (Å²) in [4.78, 5) is 39.9. The van der Waals surface area contributed by atoms with Gasteiger partial charge in [0, 0.05) is 5.56 Å². The number of rotatable bonds is 3. The molecule has 31 heavy (non-hydrogen) atoms. The molecule has 2 bridgehead atoms. The lowest BCUT2D eigenvalue weighted by atomic mass is 9.85. The lowest BCUT2D eigenvalue weighted by Crippen LogP contribution is -2.33. The minimum atomic E-state index is -4.50. The van der Waals surface area contributed by atoms with Crippen LogP contribution in [0, 0.1) is 23.7 Å². The number of nitrogens with zero attached hydrogens (tertiary/aromatic N) is 1. The number of nitrogens with one attached hydrogen (secondary N) is 1. The fourth-order valence-corrected chi connectivity index (χ4v) is 4.92. The zero-order valence-electron chi connectivity index (χ0n) is 16.1. The molecular weight excluding hydrogens is 409 g/mol. The minimum absolute atomic E-state index is 0.0287. The second-order valence-electron chi connectivity index (χ2n) is 8.06. The van der Waals surface area contributed by atoms with Gasteiger partial charge < -0.3 is 5.32 Å². The molecular formula is C23H17F3N2O3. The molecule has 0 radical (unpaired) electrons. The summed E-state index contributed by atoms with van der Waals surface area (Å²) >= 11 is 0. The predicted molar refractivity (Wildman–Crippen MR) is 106 cm³/mol. The van der Waals surface area contributed by atoms with E-state index in [0.29, 0.717) is 0 Å². The highest BCUT2D eigenvalue weighted by atomic mass is 19.4. The van der Waals surface area contributed by atoms with Crippen LogP contribution in [0.4, 0.5) is 24.5 Å². The summed E-state index contributed by atoms with van der Waals surface area (Å²) in [6.07, 6.45) is 0.314. The molecule has 1 heterocycles. The lowest BCUT2D eigenvalue weighted by molar-refractivity contribution is -0.137. The molecule has 1 saturated carbocycles. The number of alkyl halides is 3. The Morgan fingerprint density at radius 2 is 1.48 bits per heavy atom. The highest BCUT2D eigenvalue weighted by Gasteiger charge is 2.59. The van der Waals surface area contributed by atoms with Crippen LogP contribution in [0.15, 0.2) is 60.7 Å². The van der Waals surface area contributed by atoms with Gasteiger partial charge in [-0.05, 0) is 54.7 Å². The second kappa shape index (κ2) is 6.80. The largest absolute Gasteiger partial charge is 0.416 e. The first-order chi connectivity index (χ1) is 14.8. The Labute approximate surface area is 175 Å². The number of para-hydroxylation sites is 2. The Balaban J connectivity index is 1.41. The predicted octanol–water partition coefficient (Wildman–Crippen LogP) is 4.27. The molecule has 1 saturated heterocycles. The SMILES string of the molecule is O=C(Nc1ccccc1N1C(=O)[C@@H]2[C@H](C1=O)[C@H]1C=C[C@@H]2C1)c1ccc(C(F)(F)F)cc1. The van der Waals surface area contributed by atoms with Crippen LogP contribution in [0.3, 0.4) is 0 Å². The molecule has 1 N–H and O–H groups in total. The molecule has 158 valence electrons. The fourth-order valence-electron chi connectivity index (χ4n) is 4.92. The Morgan fingerprint density at radius 1 is 0.903 bits per heavy atom. The Bertz CT molecular complexity index is 1090. The summed E-state index contributed by atoms with van der Waals surface area (Å²) in [5, 5.41) is 2.62. The summed E-state index contributed by atoms with van der Waals surface area (Å²) in [5.41, 5.74) is -0.311. The number of benzene rings is 2. The van der Waals surface area contributed by atoms with Crippen molar-refractivity contribution in [2.75, 3.05) is 10.2 Å². The number of hydrogen-bond donors (Lipinski definition) is 1. The number of hydrogen-bond acceptors (Lipinski definition) is 3. The van der Waals surface area contributed by atoms with E-state index in [9.17, 15) is 27.6 Å². The van der Waals surface area contributed by atoms with Crippen molar-refractivity contribution < 1.29 is 27.6 Å². The normalized spacial score (nSPS) is 26.5. The average molecular weight is 426 g/mol. The maximum Gasteiger partial charge on any atom is 0.416 e. The summed E-state index contributed by atoms with van der Waals surface area (Å²) < 4.78 is 38.2. The number of halogens is 3. The molecule has 0 unspecified atom stereocenters. The second-order valence-corrected chi connectivity index (χ2v) is 8.06.